The van der Waals surface area contributed by atoms with Gasteiger partial charge in [0.15, 0.2) is 5.13 Å². The molecule has 20 heavy (non-hydrogen) atoms. The van der Waals surface area contributed by atoms with E-state index in [9.17, 15) is 4.79 Å². The molecular formula is C14H19N3O2S. The van der Waals surface area contributed by atoms with Gasteiger partial charge in [-0.2, -0.15) is 0 Å². The molecule has 2 rings (SSSR count). The molecular weight excluding hydrogens is 274 g/mol. The van der Waals surface area contributed by atoms with Crippen molar-refractivity contribution in [1.82, 2.24) is 4.98 Å². The molecule has 1 amide bonds. The van der Waals surface area contributed by atoms with E-state index in [2.05, 4.69) is 10.3 Å². The average Bonchev–Trinajstić information content (AvgIpc) is 2.67. The van der Waals surface area contributed by atoms with Crippen molar-refractivity contribution in [1.29, 1.82) is 0 Å². The molecule has 1 aromatic heterocycles. The van der Waals surface area contributed by atoms with Crippen molar-refractivity contribution in [3.05, 3.63) is 18.2 Å². The lowest BCUT2D eigenvalue weighted by Crippen LogP contribution is -2.35. The maximum absolute atomic E-state index is 11.0. The number of benzene rings is 1. The van der Waals surface area contributed by atoms with Crippen LogP contribution >= 0.6 is 11.3 Å². The number of amides is 1. The molecule has 1 aromatic carbocycles. The number of fused-ring (bicyclic) bond motifs is 1. The largest absolute Gasteiger partial charge is 0.494 e. The molecule has 0 unspecified atom stereocenters. The number of primary amides is 1. The predicted octanol–water partition coefficient (Wildman–Crippen LogP) is 2.76. The third-order valence-corrected chi connectivity index (χ3v) is 3.67. The maximum Gasteiger partial charge on any atom is 0.219 e. The van der Waals surface area contributed by atoms with Gasteiger partial charge in [0.25, 0.3) is 0 Å². The van der Waals surface area contributed by atoms with Crippen molar-refractivity contribution in [2.75, 3.05) is 11.9 Å². The van der Waals surface area contributed by atoms with Crippen molar-refractivity contribution >= 4 is 32.6 Å². The van der Waals surface area contributed by atoms with Crippen LogP contribution in [0.4, 0.5) is 5.13 Å². The summed E-state index contributed by atoms with van der Waals surface area (Å²) in [6, 6.07) is 5.82. The van der Waals surface area contributed by atoms with Crippen molar-refractivity contribution < 1.29 is 9.53 Å². The first kappa shape index (κ1) is 14.6. The Balaban J connectivity index is 2.21. The Morgan fingerprint density at radius 1 is 1.50 bits per heavy atom. The monoisotopic (exact) mass is 293 g/mol. The number of aromatic nitrogens is 1. The van der Waals surface area contributed by atoms with Crippen molar-refractivity contribution in [2.45, 2.75) is 32.7 Å². The number of rotatable bonds is 6. The van der Waals surface area contributed by atoms with E-state index in [1.54, 1.807) is 0 Å². The fraction of sp³-hybridized carbons (Fsp3) is 0.429. The minimum atomic E-state index is -0.414. The highest BCUT2D eigenvalue weighted by Gasteiger charge is 2.21. The Morgan fingerprint density at radius 3 is 2.90 bits per heavy atom. The van der Waals surface area contributed by atoms with Crippen LogP contribution in [0.2, 0.25) is 0 Å². The molecule has 5 nitrogen and oxygen atoms in total. The van der Waals surface area contributed by atoms with Gasteiger partial charge >= 0.3 is 0 Å². The lowest BCUT2D eigenvalue weighted by molar-refractivity contribution is -0.118. The zero-order valence-electron chi connectivity index (χ0n) is 11.9. The van der Waals surface area contributed by atoms with E-state index in [1.165, 1.54) is 11.3 Å². The van der Waals surface area contributed by atoms with E-state index in [1.807, 2.05) is 39.0 Å². The fourth-order valence-electron chi connectivity index (χ4n) is 1.98. The van der Waals surface area contributed by atoms with Gasteiger partial charge < -0.3 is 15.8 Å². The minimum absolute atomic E-state index is 0.257. The molecule has 0 saturated heterocycles. The number of nitrogens with zero attached hydrogens (tertiary/aromatic N) is 1. The Labute approximate surface area is 122 Å². The van der Waals surface area contributed by atoms with Crippen molar-refractivity contribution in [3.8, 4) is 5.75 Å². The SMILES string of the molecule is CCOc1ccc2nc(NC(C)(C)CC(N)=O)sc2c1. The molecule has 2 aromatic rings. The lowest BCUT2D eigenvalue weighted by atomic mass is 10.0. The Morgan fingerprint density at radius 2 is 2.25 bits per heavy atom. The summed E-state index contributed by atoms with van der Waals surface area (Å²) in [4.78, 5) is 15.5. The number of anilines is 1. The third-order valence-electron chi connectivity index (χ3n) is 2.73. The summed E-state index contributed by atoms with van der Waals surface area (Å²) in [7, 11) is 0. The number of nitrogens with two attached hydrogens (primary N) is 1. The van der Waals surface area contributed by atoms with Gasteiger partial charge in [0.2, 0.25) is 5.91 Å². The highest BCUT2D eigenvalue weighted by molar-refractivity contribution is 7.22. The minimum Gasteiger partial charge on any atom is -0.494 e. The molecule has 1 heterocycles. The van der Waals surface area contributed by atoms with Gasteiger partial charge in [0, 0.05) is 12.0 Å². The summed E-state index contributed by atoms with van der Waals surface area (Å²) in [6.07, 6.45) is 0.257. The molecule has 0 bridgehead atoms. The van der Waals surface area contributed by atoms with Crippen LogP contribution in [0.1, 0.15) is 27.2 Å². The van der Waals surface area contributed by atoms with Crippen molar-refractivity contribution in [3.63, 3.8) is 0 Å². The molecule has 6 heteroatoms. The van der Waals surface area contributed by atoms with Gasteiger partial charge in [-0.15, -0.1) is 0 Å². The molecule has 0 aliphatic heterocycles. The first-order chi connectivity index (χ1) is 9.39. The van der Waals surface area contributed by atoms with E-state index in [4.69, 9.17) is 10.5 Å². The van der Waals surface area contributed by atoms with Crippen LogP contribution in [0.25, 0.3) is 10.2 Å². The first-order valence-corrected chi connectivity index (χ1v) is 7.31. The molecule has 0 aliphatic carbocycles. The van der Waals surface area contributed by atoms with E-state index in [0.29, 0.717) is 6.61 Å². The van der Waals surface area contributed by atoms with E-state index in [-0.39, 0.29) is 12.3 Å². The van der Waals surface area contributed by atoms with Crippen molar-refractivity contribution in [2.24, 2.45) is 5.73 Å². The van der Waals surface area contributed by atoms with E-state index >= 15 is 0 Å². The predicted molar refractivity (Wildman–Crippen MR) is 82.3 cm³/mol. The summed E-state index contributed by atoms with van der Waals surface area (Å²) in [5.74, 6) is 0.508. The molecule has 0 radical (unpaired) electrons. The van der Waals surface area contributed by atoms with Gasteiger partial charge in [-0.25, -0.2) is 4.98 Å². The van der Waals surface area contributed by atoms with Gasteiger partial charge in [-0.05, 0) is 39.0 Å². The number of carbonyl (C=O) groups is 1. The van der Waals surface area contributed by atoms with Gasteiger partial charge in [0.05, 0.1) is 16.8 Å². The van der Waals surface area contributed by atoms with Gasteiger partial charge in [-0.1, -0.05) is 11.3 Å². The summed E-state index contributed by atoms with van der Waals surface area (Å²) in [5, 5.41) is 4.03. The molecule has 0 saturated carbocycles. The number of carbonyl (C=O) groups excluding carboxylic acids is 1. The smallest absolute Gasteiger partial charge is 0.219 e. The number of thiazole rings is 1. The van der Waals surface area contributed by atoms with Crippen LogP contribution in [0.5, 0.6) is 5.75 Å². The third kappa shape index (κ3) is 3.60. The van der Waals surface area contributed by atoms with Crippen LogP contribution < -0.4 is 15.8 Å². The topological polar surface area (TPSA) is 77.2 Å². The molecule has 0 fully saturated rings. The quantitative estimate of drug-likeness (QED) is 0.858. The summed E-state index contributed by atoms with van der Waals surface area (Å²) >= 11 is 1.54. The second-order valence-electron chi connectivity index (χ2n) is 5.23. The lowest BCUT2D eigenvalue weighted by Gasteiger charge is -2.24. The van der Waals surface area contributed by atoms with E-state index in [0.717, 1.165) is 21.1 Å². The molecule has 3 N–H and O–H groups in total. The number of nitrogens with one attached hydrogen (secondary N) is 1. The van der Waals surface area contributed by atoms with Crippen LogP contribution in [0, 0.1) is 0 Å². The standard InChI is InChI=1S/C14H19N3O2S/c1-4-19-9-5-6-10-11(7-9)20-13(16-10)17-14(2,3)8-12(15)18/h5-7H,4,8H2,1-3H3,(H2,15,18)(H,16,17). The summed E-state index contributed by atoms with van der Waals surface area (Å²) in [6.45, 7) is 6.45. The molecule has 108 valence electrons. The fourth-order valence-corrected chi connectivity index (χ4v) is 3.06. The molecule has 0 spiro atoms. The normalized spacial score (nSPS) is 11.6. The number of ether oxygens (including phenoxy) is 1. The average molecular weight is 293 g/mol. The van der Waals surface area contributed by atoms with Gasteiger partial charge in [0.1, 0.15) is 5.75 Å². The highest BCUT2D eigenvalue weighted by Crippen LogP contribution is 2.31. The van der Waals surface area contributed by atoms with Crippen LogP contribution in [0.15, 0.2) is 18.2 Å². The summed E-state index contributed by atoms with van der Waals surface area (Å²) < 4.78 is 6.52. The van der Waals surface area contributed by atoms with Crippen LogP contribution in [-0.2, 0) is 4.79 Å². The Kier molecular flexibility index (Phi) is 4.13. The first-order valence-electron chi connectivity index (χ1n) is 6.49. The highest BCUT2D eigenvalue weighted by atomic mass is 32.1. The second kappa shape index (κ2) is 5.66. The molecule has 0 aliphatic rings. The van der Waals surface area contributed by atoms with Gasteiger partial charge in [-0.3, -0.25) is 4.79 Å². The number of hydrogen-bond acceptors (Lipinski definition) is 5. The maximum atomic E-state index is 11.0. The molecule has 0 atom stereocenters. The van der Waals surface area contributed by atoms with Crippen LogP contribution in [0.3, 0.4) is 0 Å². The Bertz CT molecular complexity index is 622. The number of hydrogen-bond donors (Lipinski definition) is 2. The zero-order valence-corrected chi connectivity index (χ0v) is 12.7. The summed E-state index contributed by atoms with van der Waals surface area (Å²) in [5.41, 5.74) is 5.75. The van der Waals surface area contributed by atoms with E-state index < -0.39 is 5.54 Å². The Hall–Kier alpha value is -1.82. The second-order valence-corrected chi connectivity index (χ2v) is 6.26. The zero-order chi connectivity index (χ0) is 14.8. The van der Waals surface area contributed by atoms with Crippen LogP contribution in [-0.4, -0.2) is 23.0 Å².